The fourth-order valence-corrected chi connectivity index (χ4v) is 4.05. The highest BCUT2D eigenvalue weighted by Crippen LogP contribution is 2.38. The summed E-state index contributed by atoms with van der Waals surface area (Å²) in [5.41, 5.74) is 2.00. The summed E-state index contributed by atoms with van der Waals surface area (Å²) in [6.07, 6.45) is -2.27. The maximum absolute atomic E-state index is 13.2. The summed E-state index contributed by atoms with van der Waals surface area (Å²) < 4.78 is 34.5. The number of aromatic nitrogens is 5. The number of imidazole rings is 1. The molecule has 0 radical (unpaired) electrons. The third kappa shape index (κ3) is 3.08. The SMILES string of the molecule is Cc1ncnc2c1ccn2C1OC(C(O)c2ccc3ncn(C(F)F)c3c2)C(O)C1O. The zero-order valence-electron chi connectivity index (χ0n) is 16.2. The molecule has 1 aliphatic heterocycles. The third-order valence-corrected chi connectivity index (χ3v) is 5.72. The number of alkyl halides is 2. The fourth-order valence-electron chi connectivity index (χ4n) is 4.05. The normalized spacial score (nSPS) is 25.1. The number of hydrogen-bond donors (Lipinski definition) is 3. The average molecular weight is 431 g/mol. The highest BCUT2D eigenvalue weighted by molar-refractivity contribution is 5.78. The molecular formula is C20H19F2N5O4. The van der Waals surface area contributed by atoms with Gasteiger partial charge in [-0.3, -0.25) is 4.57 Å². The van der Waals surface area contributed by atoms with Crippen molar-refractivity contribution in [2.24, 2.45) is 0 Å². The van der Waals surface area contributed by atoms with Gasteiger partial charge in [-0.15, -0.1) is 0 Å². The Bertz CT molecular complexity index is 1260. The lowest BCUT2D eigenvalue weighted by atomic mass is 9.99. The van der Waals surface area contributed by atoms with Crippen LogP contribution in [0, 0.1) is 6.92 Å². The van der Waals surface area contributed by atoms with Gasteiger partial charge in [0.15, 0.2) is 6.23 Å². The van der Waals surface area contributed by atoms with Crippen LogP contribution in [0.5, 0.6) is 0 Å². The minimum Gasteiger partial charge on any atom is -0.387 e. The maximum atomic E-state index is 13.2. The van der Waals surface area contributed by atoms with E-state index in [0.29, 0.717) is 15.7 Å². The van der Waals surface area contributed by atoms with Crippen LogP contribution in [0.4, 0.5) is 8.78 Å². The number of aliphatic hydroxyl groups excluding tert-OH is 3. The van der Waals surface area contributed by atoms with E-state index in [4.69, 9.17) is 4.74 Å². The molecule has 0 amide bonds. The van der Waals surface area contributed by atoms with Crippen molar-refractivity contribution in [3.05, 3.63) is 54.4 Å². The van der Waals surface area contributed by atoms with Crippen LogP contribution in [0.2, 0.25) is 0 Å². The lowest BCUT2D eigenvalue weighted by molar-refractivity contribution is -0.0848. The minimum absolute atomic E-state index is 0.139. The summed E-state index contributed by atoms with van der Waals surface area (Å²) in [5.74, 6) is 0. The minimum atomic E-state index is -2.79. The number of rotatable bonds is 4. The third-order valence-electron chi connectivity index (χ3n) is 5.72. The molecule has 1 aromatic carbocycles. The molecule has 1 fully saturated rings. The molecule has 0 aliphatic carbocycles. The van der Waals surface area contributed by atoms with Crippen LogP contribution in [0.25, 0.3) is 22.1 Å². The number of aliphatic hydroxyl groups is 3. The van der Waals surface area contributed by atoms with Crippen molar-refractivity contribution >= 4 is 22.1 Å². The molecule has 1 aliphatic rings. The summed E-state index contributed by atoms with van der Waals surface area (Å²) in [4.78, 5) is 12.3. The molecule has 0 bridgehead atoms. The Balaban J connectivity index is 1.47. The summed E-state index contributed by atoms with van der Waals surface area (Å²) >= 11 is 0. The fraction of sp³-hybridized carbons (Fsp3) is 0.350. The van der Waals surface area contributed by atoms with Crippen molar-refractivity contribution in [2.45, 2.75) is 44.1 Å². The van der Waals surface area contributed by atoms with Gasteiger partial charge in [-0.05, 0) is 30.7 Å². The predicted octanol–water partition coefficient (Wildman–Crippen LogP) is 1.84. The van der Waals surface area contributed by atoms with E-state index in [-0.39, 0.29) is 11.1 Å². The zero-order chi connectivity index (χ0) is 21.9. The first-order chi connectivity index (χ1) is 14.9. The van der Waals surface area contributed by atoms with Crippen molar-refractivity contribution in [1.82, 2.24) is 24.1 Å². The van der Waals surface area contributed by atoms with Crippen molar-refractivity contribution < 1.29 is 28.8 Å². The Morgan fingerprint density at radius 3 is 2.68 bits per heavy atom. The molecule has 4 heterocycles. The molecule has 162 valence electrons. The topological polar surface area (TPSA) is 118 Å². The molecule has 11 heteroatoms. The van der Waals surface area contributed by atoms with E-state index in [0.717, 1.165) is 17.4 Å². The van der Waals surface area contributed by atoms with Gasteiger partial charge in [0, 0.05) is 11.6 Å². The molecule has 5 rings (SSSR count). The van der Waals surface area contributed by atoms with Crippen LogP contribution in [0.1, 0.15) is 30.1 Å². The van der Waals surface area contributed by atoms with Crippen LogP contribution < -0.4 is 0 Å². The van der Waals surface area contributed by atoms with E-state index in [2.05, 4.69) is 15.0 Å². The van der Waals surface area contributed by atoms with Crippen LogP contribution in [0.15, 0.2) is 43.1 Å². The van der Waals surface area contributed by atoms with Crippen LogP contribution in [-0.4, -0.2) is 57.7 Å². The van der Waals surface area contributed by atoms with E-state index in [9.17, 15) is 24.1 Å². The zero-order valence-corrected chi connectivity index (χ0v) is 16.2. The summed E-state index contributed by atoms with van der Waals surface area (Å²) in [7, 11) is 0. The van der Waals surface area contributed by atoms with Gasteiger partial charge in [0.05, 0.1) is 16.7 Å². The quantitative estimate of drug-likeness (QED) is 0.451. The van der Waals surface area contributed by atoms with Crippen molar-refractivity contribution in [3.63, 3.8) is 0 Å². The second-order valence-electron chi connectivity index (χ2n) is 7.51. The van der Waals surface area contributed by atoms with Gasteiger partial charge in [-0.2, -0.15) is 8.78 Å². The lowest BCUT2D eigenvalue weighted by Crippen LogP contribution is -2.34. The molecule has 31 heavy (non-hydrogen) atoms. The Morgan fingerprint density at radius 1 is 1.10 bits per heavy atom. The van der Waals surface area contributed by atoms with Gasteiger partial charge in [0.1, 0.15) is 42.7 Å². The van der Waals surface area contributed by atoms with Gasteiger partial charge in [-0.1, -0.05) is 6.07 Å². The van der Waals surface area contributed by atoms with Gasteiger partial charge < -0.3 is 24.6 Å². The van der Waals surface area contributed by atoms with Gasteiger partial charge >= 0.3 is 6.55 Å². The second-order valence-corrected chi connectivity index (χ2v) is 7.51. The molecule has 3 aromatic heterocycles. The number of halogens is 2. The number of aryl methyl sites for hydroxylation is 1. The first-order valence-corrected chi connectivity index (χ1v) is 9.59. The number of fused-ring (bicyclic) bond motifs is 2. The Hall–Kier alpha value is -2.99. The maximum Gasteiger partial charge on any atom is 0.320 e. The van der Waals surface area contributed by atoms with E-state index >= 15 is 0 Å². The number of ether oxygens (including phenoxy) is 1. The molecule has 5 unspecified atom stereocenters. The Kier molecular flexibility index (Phi) is 4.70. The van der Waals surface area contributed by atoms with E-state index in [1.54, 1.807) is 16.8 Å². The first kappa shape index (κ1) is 19.9. The van der Waals surface area contributed by atoms with E-state index in [1.807, 2.05) is 6.92 Å². The molecule has 3 N–H and O–H groups in total. The smallest absolute Gasteiger partial charge is 0.320 e. The molecule has 1 saturated heterocycles. The van der Waals surface area contributed by atoms with E-state index < -0.39 is 37.2 Å². The van der Waals surface area contributed by atoms with Gasteiger partial charge in [-0.25, -0.2) is 15.0 Å². The summed E-state index contributed by atoms with van der Waals surface area (Å²) in [5, 5.41) is 32.8. The molecule has 5 atom stereocenters. The van der Waals surface area contributed by atoms with Gasteiger partial charge in [0.2, 0.25) is 0 Å². The molecule has 0 saturated carbocycles. The first-order valence-electron chi connectivity index (χ1n) is 9.59. The van der Waals surface area contributed by atoms with Crippen molar-refractivity contribution in [2.75, 3.05) is 0 Å². The number of nitrogens with zero attached hydrogens (tertiary/aromatic N) is 5. The van der Waals surface area contributed by atoms with Crippen molar-refractivity contribution in [3.8, 4) is 0 Å². The molecular weight excluding hydrogens is 412 g/mol. The Morgan fingerprint density at radius 2 is 1.90 bits per heavy atom. The van der Waals surface area contributed by atoms with E-state index in [1.165, 1.54) is 24.5 Å². The molecule has 0 spiro atoms. The standard InChI is InChI=1S/C20H19F2N5O4/c1-9-11-4-5-26(18(11)24-7-23-9)19-16(30)15(29)17(31-19)14(28)10-2-3-12-13(6-10)27(8-25-12)20(21)22/h2-8,14-17,19-20,28-30H,1H3. The number of benzene rings is 1. The Labute approximate surface area is 174 Å². The lowest BCUT2D eigenvalue weighted by Gasteiger charge is -2.21. The average Bonchev–Trinajstić information content (AvgIpc) is 3.44. The largest absolute Gasteiger partial charge is 0.387 e. The van der Waals surface area contributed by atoms with Crippen LogP contribution in [0.3, 0.4) is 0 Å². The summed E-state index contributed by atoms with van der Waals surface area (Å²) in [6, 6.07) is 6.17. The van der Waals surface area contributed by atoms with Crippen molar-refractivity contribution in [1.29, 1.82) is 0 Å². The highest BCUT2D eigenvalue weighted by atomic mass is 19.3. The van der Waals surface area contributed by atoms with Crippen LogP contribution >= 0.6 is 0 Å². The molecule has 9 nitrogen and oxygen atoms in total. The monoisotopic (exact) mass is 431 g/mol. The van der Waals surface area contributed by atoms with Crippen LogP contribution in [-0.2, 0) is 4.74 Å². The summed E-state index contributed by atoms with van der Waals surface area (Å²) in [6.45, 7) is -0.966. The highest BCUT2D eigenvalue weighted by Gasteiger charge is 2.47. The second kappa shape index (κ2) is 7.31. The number of hydrogen-bond acceptors (Lipinski definition) is 7. The molecule has 4 aromatic rings. The predicted molar refractivity (Wildman–Crippen MR) is 104 cm³/mol. The van der Waals surface area contributed by atoms with Gasteiger partial charge in [0.25, 0.3) is 0 Å².